The third kappa shape index (κ3) is 14.3. The number of aromatic nitrogens is 13. The molecule has 10 heterocycles. The Bertz CT molecular complexity index is 4670. The number of hydrogen-bond acceptors (Lipinski definition) is 13. The molecule has 21 heteroatoms. The summed E-state index contributed by atoms with van der Waals surface area (Å²) >= 11 is 0. The number of aryl methyl sites for hydroxylation is 2. The highest BCUT2D eigenvalue weighted by molar-refractivity contribution is 5.96. The number of halogens is 4. The van der Waals surface area contributed by atoms with Crippen LogP contribution >= 0.6 is 0 Å². The van der Waals surface area contributed by atoms with E-state index in [1.807, 2.05) is 107 Å². The minimum atomic E-state index is -2.69. The van der Waals surface area contributed by atoms with Crippen molar-refractivity contribution >= 4 is 57.0 Å². The first-order valence-corrected chi connectivity index (χ1v) is 32.0. The Morgan fingerprint density at radius 3 is 1.99 bits per heavy atom. The molecule has 0 atom stereocenters. The van der Waals surface area contributed by atoms with Crippen LogP contribution in [0.3, 0.4) is 0 Å². The first-order valence-electron chi connectivity index (χ1n) is 32.0. The Labute approximate surface area is 537 Å². The third-order valence-electron chi connectivity index (χ3n) is 17.4. The van der Waals surface area contributed by atoms with Gasteiger partial charge in [-0.25, -0.2) is 32.5 Å². The monoisotopic (exact) mass is 1260 g/mol. The van der Waals surface area contributed by atoms with Crippen molar-refractivity contribution in [3.8, 4) is 56.5 Å². The van der Waals surface area contributed by atoms with E-state index in [1.54, 1.807) is 54.2 Å². The highest BCUT2D eigenvalue weighted by Gasteiger charge is 2.38. The van der Waals surface area contributed by atoms with Crippen molar-refractivity contribution < 1.29 is 17.6 Å². The number of imidazole rings is 2. The standard InChI is InChI=1S/C70H71F4N17.C2H6/c1-42(51-31-55(35-76-33-51)79-44(3)48-14-8-7-9-15-48)16-19-62-43(2)63(68-81-60-38-77-36-56(64(60)83-68)49-24-45(27-53(71)29-49)12-10-21-88(4)5)87-91(62)89(6)22-11-13-46-25-50(30-54(72)28-46)57-37-78-39-61-65(57)84-69(82-61)67-66-59(85-86-67)18-17-58(80-66)52-26-47(32-75-34-52)40-90-23-20-70(73,74)41-90;1-2/h16-19,24-39,48,79H,2-3,7-15,20-23,40-41H2,1,4-6H3,(H,81,83)(H,82,84)(H,85,86);1-2H3/b42-16+,62-19+;. The van der Waals surface area contributed by atoms with E-state index in [1.165, 1.54) is 31.4 Å². The highest BCUT2D eigenvalue weighted by Crippen LogP contribution is 2.35. The molecule has 2 aliphatic rings. The van der Waals surface area contributed by atoms with Gasteiger partial charge in [0.15, 0.2) is 17.3 Å². The lowest BCUT2D eigenvalue weighted by Gasteiger charge is -2.24. The zero-order valence-corrected chi connectivity index (χ0v) is 53.5. The van der Waals surface area contributed by atoms with Gasteiger partial charge >= 0.3 is 0 Å². The zero-order valence-electron chi connectivity index (χ0n) is 53.5. The molecule has 0 spiro atoms. The number of pyridine rings is 5. The van der Waals surface area contributed by atoms with Gasteiger partial charge in [0, 0.05) is 91.7 Å². The third-order valence-corrected chi connectivity index (χ3v) is 17.4. The summed E-state index contributed by atoms with van der Waals surface area (Å²) < 4.78 is 59.2. The fourth-order valence-electron chi connectivity index (χ4n) is 12.6. The normalized spacial score (nSPS) is 14.8. The number of rotatable bonds is 21. The summed E-state index contributed by atoms with van der Waals surface area (Å²) in [6.07, 6.45) is 26.5. The molecule has 93 heavy (non-hydrogen) atoms. The molecule has 1 saturated carbocycles. The van der Waals surface area contributed by atoms with E-state index in [2.05, 4.69) is 69.5 Å². The van der Waals surface area contributed by atoms with Crippen molar-refractivity contribution in [2.45, 2.75) is 97.4 Å². The molecule has 11 aromatic rings. The lowest BCUT2D eigenvalue weighted by molar-refractivity contribution is 0.0115. The number of likely N-dealkylation sites (tertiary alicyclic amines) is 1. The molecule has 1 saturated heterocycles. The van der Waals surface area contributed by atoms with Crippen LogP contribution in [0, 0.1) is 17.6 Å². The van der Waals surface area contributed by atoms with E-state index in [0.717, 1.165) is 82.4 Å². The Hall–Kier alpha value is -9.73. The molecule has 0 bridgehead atoms. The first kappa shape index (κ1) is 63.4. The van der Waals surface area contributed by atoms with Crippen LogP contribution in [-0.4, -0.2) is 128 Å². The minimum Gasteiger partial charge on any atom is -0.358 e. The summed E-state index contributed by atoms with van der Waals surface area (Å²) in [5, 5.41) is 19.8. The predicted molar refractivity (Wildman–Crippen MR) is 363 cm³/mol. The van der Waals surface area contributed by atoms with Crippen LogP contribution in [0.1, 0.15) is 94.4 Å². The molecular weight excluding hydrogens is 1180 g/mol. The minimum absolute atomic E-state index is 0.154. The van der Waals surface area contributed by atoms with Gasteiger partial charge in [0.2, 0.25) is 0 Å². The fourth-order valence-corrected chi connectivity index (χ4v) is 12.6. The van der Waals surface area contributed by atoms with Crippen molar-refractivity contribution in [3.63, 3.8) is 0 Å². The number of hydrogen-bond donors (Lipinski definition) is 4. The van der Waals surface area contributed by atoms with Crippen LogP contribution in [-0.2, 0) is 19.4 Å². The zero-order chi connectivity index (χ0) is 64.9. The SMILES string of the molecule is C=C(Nc1cncc(/C(C)=C/C=c2\c(=C)c(-c3nc4c(-c5cc(F)cc(CCCN(C)C)c5)cncc4[nH]3)nn2N(C)CCCc2cc(F)cc(-c3cncc4[nH]c(-c5n[nH]c6ccc(-c7cncc(CN8CCC(F)(F)C8)c7)nc56)nc34)c2)c1)C1CCCCC1.CC. The molecule has 0 amide bonds. The maximum absolute atomic E-state index is 15.9. The summed E-state index contributed by atoms with van der Waals surface area (Å²) in [6, 6.07) is 17.9. The molecule has 478 valence electrons. The second-order valence-electron chi connectivity index (χ2n) is 24.6. The van der Waals surface area contributed by atoms with E-state index < -0.39 is 11.7 Å². The van der Waals surface area contributed by atoms with Gasteiger partial charge in [0.05, 0.1) is 69.4 Å². The maximum Gasteiger partial charge on any atom is 0.261 e. The Morgan fingerprint density at radius 2 is 1.33 bits per heavy atom. The number of H-pyrrole nitrogens is 3. The number of nitrogens with one attached hydrogen (secondary N) is 4. The molecule has 1 aliphatic heterocycles. The Morgan fingerprint density at radius 1 is 0.699 bits per heavy atom. The highest BCUT2D eigenvalue weighted by atomic mass is 19.3. The Kier molecular flexibility index (Phi) is 18.8. The van der Waals surface area contributed by atoms with Gasteiger partial charge in [-0.15, -0.1) is 5.10 Å². The second-order valence-corrected chi connectivity index (χ2v) is 24.6. The van der Waals surface area contributed by atoms with Crippen molar-refractivity contribution in [1.82, 2.24) is 74.7 Å². The number of allylic oxidation sites excluding steroid dienone is 3. The molecule has 13 rings (SSSR count). The quantitative estimate of drug-likeness (QED) is 0.0498. The number of nitrogens with zero attached hydrogens (tertiary/aromatic N) is 13. The molecule has 0 unspecified atom stereocenters. The molecule has 17 nitrogen and oxygen atoms in total. The van der Waals surface area contributed by atoms with Crippen LogP contribution in [0.2, 0.25) is 0 Å². The average molecular weight is 1260 g/mol. The first-order chi connectivity index (χ1) is 45.0. The topological polar surface area (TPSA) is 190 Å². The summed E-state index contributed by atoms with van der Waals surface area (Å²) in [5.74, 6) is -2.04. The number of fused-ring (bicyclic) bond motifs is 3. The lowest BCUT2D eigenvalue weighted by atomic mass is 9.87. The molecule has 1 aliphatic carbocycles. The van der Waals surface area contributed by atoms with Crippen molar-refractivity contribution in [2.24, 2.45) is 5.92 Å². The summed E-state index contributed by atoms with van der Waals surface area (Å²) in [7, 11) is 6.02. The summed E-state index contributed by atoms with van der Waals surface area (Å²) in [5.41, 5.74) is 15.1. The molecule has 2 aromatic carbocycles. The van der Waals surface area contributed by atoms with Crippen LogP contribution in [0.25, 0.3) is 108 Å². The van der Waals surface area contributed by atoms with Gasteiger partial charge in [0.1, 0.15) is 22.8 Å². The number of benzene rings is 2. The van der Waals surface area contributed by atoms with E-state index in [9.17, 15) is 8.78 Å². The van der Waals surface area contributed by atoms with Crippen LogP contribution in [0.5, 0.6) is 0 Å². The lowest BCUT2D eigenvalue weighted by Crippen LogP contribution is -2.43. The average Bonchev–Trinajstić information content (AvgIpc) is 1.67. The molecular formula is C72H77F4N17. The number of aromatic amines is 3. The van der Waals surface area contributed by atoms with Gasteiger partial charge in [-0.2, -0.15) is 9.89 Å². The van der Waals surface area contributed by atoms with E-state index in [4.69, 9.17) is 20.1 Å². The molecule has 4 N–H and O–H groups in total. The van der Waals surface area contributed by atoms with Crippen molar-refractivity contribution in [3.05, 3.63) is 173 Å². The van der Waals surface area contributed by atoms with Crippen LogP contribution in [0.15, 0.2) is 129 Å². The van der Waals surface area contributed by atoms with Crippen molar-refractivity contribution in [2.75, 3.05) is 57.6 Å². The second kappa shape index (κ2) is 27.6. The van der Waals surface area contributed by atoms with Crippen LogP contribution in [0.4, 0.5) is 23.2 Å². The molecule has 9 aromatic heterocycles. The van der Waals surface area contributed by atoms with Gasteiger partial charge in [-0.3, -0.25) is 34.9 Å². The smallest absolute Gasteiger partial charge is 0.261 e. The number of anilines is 1. The van der Waals surface area contributed by atoms with Gasteiger partial charge < -0.3 is 20.2 Å². The van der Waals surface area contributed by atoms with E-state index in [-0.39, 0.29) is 18.8 Å². The largest absolute Gasteiger partial charge is 0.358 e. The Balaban J connectivity index is 0.00000412. The summed E-state index contributed by atoms with van der Waals surface area (Å²) in [6.45, 7) is 16.9. The van der Waals surface area contributed by atoms with E-state index in [0.29, 0.717) is 128 Å². The summed E-state index contributed by atoms with van der Waals surface area (Å²) in [4.78, 5) is 45.8. The van der Waals surface area contributed by atoms with Gasteiger partial charge in [-0.1, -0.05) is 64.5 Å². The fraction of sp³-hybridized carbons (Fsp3) is 0.319. The molecule has 0 radical (unpaired) electrons. The van der Waals surface area contributed by atoms with E-state index >= 15 is 8.78 Å². The maximum atomic E-state index is 15.9. The predicted octanol–water partition coefficient (Wildman–Crippen LogP) is 13.5. The number of alkyl halides is 2. The van der Waals surface area contributed by atoms with Crippen LogP contribution < -0.4 is 20.9 Å². The van der Waals surface area contributed by atoms with Gasteiger partial charge in [0.25, 0.3) is 5.92 Å². The van der Waals surface area contributed by atoms with Crippen molar-refractivity contribution in [1.29, 1.82) is 0 Å². The molecule has 2 fully saturated rings. The van der Waals surface area contributed by atoms with Gasteiger partial charge in [-0.05, 0) is 166 Å².